The standard InChI is InChI=1S/C29H33FN4S2.C3H4/c1-5-27(33-18-16-32(17-19-33)22-23-9-12-26(30)13-10-23)14-11-25-20-28-24(8-7-15-31-28)21-29(25)34(35-3)36(4)6-2;1-3-2/h5,7-15,20-21H,2,16-19,22H2,1,3-4H3;1H,2H3/b14-11+,27-5+;. The van der Waals surface area contributed by atoms with Crippen LogP contribution in [0.25, 0.3) is 17.0 Å². The van der Waals surface area contributed by atoms with Gasteiger partial charge in [0, 0.05) is 68.1 Å². The zero-order chi connectivity index (χ0) is 28.2. The first-order chi connectivity index (χ1) is 18.9. The normalized spacial score (nSPS) is 14.9. The van der Waals surface area contributed by atoms with Crippen LogP contribution in [-0.4, -0.2) is 58.5 Å². The molecular formula is C32H37FN4S2. The van der Waals surface area contributed by atoms with Crippen molar-refractivity contribution < 1.29 is 4.39 Å². The van der Waals surface area contributed by atoms with Gasteiger partial charge in [0.25, 0.3) is 0 Å². The van der Waals surface area contributed by atoms with E-state index in [1.807, 2.05) is 24.4 Å². The van der Waals surface area contributed by atoms with Gasteiger partial charge in [0.05, 0.1) is 11.2 Å². The van der Waals surface area contributed by atoms with Crippen LogP contribution < -0.4 is 3.71 Å². The van der Waals surface area contributed by atoms with E-state index in [1.165, 1.54) is 17.8 Å². The number of hydrogen-bond acceptors (Lipinski definition) is 5. The third kappa shape index (κ3) is 8.36. The second-order valence-corrected chi connectivity index (χ2v) is 11.5. The molecule has 0 aliphatic carbocycles. The highest BCUT2D eigenvalue weighted by molar-refractivity contribution is 8.26. The Balaban J connectivity index is 0.00000134. The molecule has 2 heterocycles. The van der Waals surface area contributed by atoms with Crippen LogP contribution in [0, 0.1) is 18.2 Å². The maximum atomic E-state index is 13.2. The number of pyridine rings is 1. The van der Waals surface area contributed by atoms with Gasteiger partial charge in [-0.3, -0.25) is 13.6 Å². The van der Waals surface area contributed by atoms with Crippen molar-refractivity contribution in [1.82, 2.24) is 14.8 Å². The molecule has 39 heavy (non-hydrogen) atoms. The molecule has 0 N–H and O–H groups in total. The van der Waals surface area contributed by atoms with Gasteiger partial charge in [-0.05, 0) is 85.0 Å². The lowest BCUT2D eigenvalue weighted by Crippen LogP contribution is -2.45. The second kappa shape index (κ2) is 15.4. The van der Waals surface area contributed by atoms with Crippen molar-refractivity contribution in [3.8, 4) is 12.3 Å². The van der Waals surface area contributed by atoms with E-state index in [-0.39, 0.29) is 16.5 Å². The number of anilines is 1. The Bertz CT molecular complexity index is 1390. The number of benzene rings is 2. The van der Waals surface area contributed by atoms with Crippen molar-refractivity contribution in [2.24, 2.45) is 0 Å². The summed E-state index contributed by atoms with van der Waals surface area (Å²) in [4.78, 5) is 9.45. The summed E-state index contributed by atoms with van der Waals surface area (Å²) in [6, 6.07) is 15.3. The fraction of sp³-hybridized carbons (Fsp3) is 0.281. The lowest BCUT2D eigenvalue weighted by atomic mass is 10.1. The maximum Gasteiger partial charge on any atom is 0.123 e. The Kier molecular flexibility index (Phi) is 11.9. The summed E-state index contributed by atoms with van der Waals surface area (Å²) < 4.78 is 15.5. The predicted molar refractivity (Wildman–Crippen MR) is 172 cm³/mol. The molecule has 4 rings (SSSR count). The van der Waals surface area contributed by atoms with Gasteiger partial charge in [-0.15, -0.1) is 12.3 Å². The number of fused-ring (bicyclic) bond motifs is 1. The van der Waals surface area contributed by atoms with Crippen LogP contribution in [0.2, 0.25) is 0 Å². The van der Waals surface area contributed by atoms with Gasteiger partial charge >= 0.3 is 0 Å². The lowest BCUT2D eigenvalue weighted by Gasteiger charge is -2.36. The van der Waals surface area contributed by atoms with Gasteiger partial charge < -0.3 is 4.90 Å². The molecule has 0 radical (unpaired) electrons. The summed E-state index contributed by atoms with van der Waals surface area (Å²) in [6.45, 7) is 12.4. The number of allylic oxidation sites excluding steroid dienone is 2. The highest BCUT2D eigenvalue weighted by atomic mass is 32.2. The lowest BCUT2D eigenvalue weighted by molar-refractivity contribution is 0.155. The molecule has 1 atom stereocenters. The van der Waals surface area contributed by atoms with Crippen molar-refractivity contribution in [1.29, 1.82) is 0 Å². The summed E-state index contributed by atoms with van der Waals surface area (Å²) in [5, 5.41) is 4.26. The maximum absolute atomic E-state index is 13.2. The molecule has 3 aromatic rings. The fourth-order valence-corrected chi connectivity index (χ4v) is 6.38. The molecule has 1 aromatic heterocycles. The summed E-state index contributed by atoms with van der Waals surface area (Å²) in [5.74, 6) is 2.07. The number of aromatic nitrogens is 1. The van der Waals surface area contributed by atoms with Crippen LogP contribution in [0.5, 0.6) is 0 Å². The van der Waals surface area contributed by atoms with Crippen molar-refractivity contribution in [3.05, 3.63) is 96.1 Å². The van der Waals surface area contributed by atoms with E-state index in [1.54, 1.807) is 18.9 Å². The van der Waals surface area contributed by atoms with Crippen LogP contribution >= 0.6 is 22.6 Å². The van der Waals surface area contributed by atoms with E-state index in [2.05, 4.69) is 98.3 Å². The second-order valence-electron chi connectivity index (χ2n) is 8.89. The molecule has 204 valence electrons. The molecule has 0 amide bonds. The SMILES string of the molecule is C#CC.C=C=S(C)N(SC)c1cc2cccnc2cc1/C=C/C(=C\C)N1CCN(Cc2ccc(F)cc2)CC1. The Labute approximate surface area is 240 Å². The van der Waals surface area contributed by atoms with E-state index in [0.717, 1.165) is 60.4 Å². The zero-order valence-electron chi connectivity index (χ0n) is 23.2. The molecule has 0 bridgehead atoms. The molecular weight excluding hydrogens is 524 g/mol. The molecule has 0 saturated carbocycles. The van der Waals surface area contributed by atoms with Crippen molar-refractivity contribution in [2.75, 3.05) is 42.4 Å². The zero-order valence-corrected chi connectivity index (χ0v) is 24.9. The molecule has 7 heteroatoms. The summed E-state index contributed by atoms with van der Waals surface area (Å²) >= 11 is 1.69. The smallest absolute Gasteiger partial charge is 0.123 e. The summed E-state index contributed by atoms with van der Waals surface area (Å²) in [7, 11) is -0.232. The third-order valence-corrected chi connectivity index (χ3v) is 9.12. The van der Waals surface area contributed by atoms with Gasteiger partial charge in [-0.25, -0.2) is 4.39 Å². The first-order valence-electron chi connectivity index (χ1n) is 12.8. The number of hydrogen-bond donors (Lipinski definition) is 0. The van der Waals surface area contributed by atoms with Crippen LogP contribution in [0.1, 0.15) is 25.0 Å². The molecule has 1 fully saturated rings. The van der Waals surface area contributed by atoms with Crippen LogP contribution in [-0.2, 0) is 6.54 Å². The molecule has 4 nitrogen and oxygen atoms in total. The first kappa shape index (κ1) is 30.3. The van der Waals surface area contributed by atoms with Gasteiger partial charge in [-0.1, -0.05) is 35.4 Å². The minimum Gasteiger partial charge on any atom is -0.369 e. The van der Waals surface area contributed by atoms with Crippen LogP contribution in [0.3, 0.4) is 0 Å². The largest absolute Gasteiger partial charge is 0.369 e. The van der Waals surface area contributed by atoms with Crippen molar-refractivity contribution in [2.45, 2.75) is 20.4 Å². The Morgan fingerprint density at radius 1 is 1.21 bits per heavy atom. The van der Waals surface area contributed by atoms with E-state index >= 15 is 0 Å². The monoisotopic (exact) mass is 560 g/mol. The molecule has 1 saturated heterocycles. The predicted octanol–water partition coefficient (Wildman–Crippen LogP) is 7.23. The number of piperazine rings is 1. The van der Waals surface area contributed by atoms with Crippen molar-refractivity contribution >= 4 is 50.3 Å². The first-order valence-corrected chi connectivity index (χ1v) is 15.6. The molecule has 0 spiro atoms. The molecule has 1 aliphatic rings. The number of rotatable bonds is 8. The average Bonchev–Trinajstić information content (AvgIpc) is 2.96. The topological polar surface area (TPSA) is 22.6 Å². The number of terminal acetylenes is 1. The van der Waals surface area contributed by atoms with Crippen molar-refractivity contribution in [3.63, 3.8) is 0 Å². The molecule has 1 aliphatic heterocycles. The van der Waals surface area contributed by atoms with Gasteiger partial charge in [-0.2, -0.15) is 0 Å². The summed E-state index contributed by atoms with van der Waals surface area (Å²) in [6.07, 6.45) is 17.3. The van der Waals surface area contributed by atoms with Crippen LogP contribution in [0.15, 0.2) is 79.2 Å². The Morgan fingerprint density at radius 3 is 2.51 bits per heavy atom. The highest BCUT2D eigenvalue weighted by Crippen LogP contribution is 2.37. The molecule has 1 unspecified atom stereocenters. The van der Waals surface area contributed by atoms with Gasteiger partial charge in [0.1, 0.15) is 5.82 Å². The molecule has 2 aromatic carbocycles. The quantitative estimate of drug-likeness (QED) is 0.125. The van der Waals surface area contributed by atoms with E-state index in [0.29, 0.717) is 0 Å². The number of halogens is 1. The van der Waals surface area contributed by atoms with E-state index in [9.17, 15) is 4.39 Å². The van der Waals surface area contributed by atoms with Crippen LogP contribution in [0.4, 0.5) is 10.1 Å². The fourth-order valence-electron chi connectivity index (χ4n) is 4.40. The Hall–Kier alpha value is -3.27. The minimum atomic E-state index is -0.232. The van der Waals surface area contributed by atoms with E-state index in [4.69, 9.17) is 0 Å². The summed E-state index contributed by atoms with van der Waals surface area (Å²) in [5.41, 5.74) is 5.61. The van der Waals surface area contributed by atoms with E-state index < -0.39 is 0 Å². The number of nitrogens with zero attached hydrogens (tertiary/aromatic N) is 4. The van der Waals surface area contributed by atoms with Gasteiger partial charge in [0.15, 0.2) is 0 Å². The minimum absolute atomic E-state index is 0.184. The third-order valence-electron chi connectivity index (χ3n) is 6.36. The van der Waals surface area contributed by atoms with Gasteiger partial charge in [0.2, 0.25) is 0 Å². The highest BCUT2D eigenvalue weighted by Gasteiger charge is 2.18. The Morgan fingerprint density at radius 2 is 1.90 bits per heavy atom. The average molecular weight is 561 g/mol.